The summed E-state index contributed by atoms with van der Waals surface area (Å²) in [6.07, 6.45) is 4.00. The van der Waals surface area contributed by atoms with Gasteiger partial charge in [-0.05, 0) is 66.8 Å². The standard InChI is InChI=1S/C25H30N4O6/c1-33-21-10-7-18(15-22(21)34-2)11-12-26-24(31)25(32)28-27-16-19-5-8-20(9-6-19)35-17-23(30)29-13-3-4-14-29/h5-10,15-16H,3-4,11-14,17H2,1-2H3,(H,26,31)(H,28,32)/b27-16-. The molecule has 186 valence electrons. The minimum Gasteiger partial charge on any atom is -0.493 e. The van der Waals surface area contributed by atoms with Crippen molar-refractivity contribution in [3.8, 4) is 17.2 Å². The van der Waals surface area contributed by atoms with Gasteiger partial charge in [0.05, 0.1) is 20.4 Å². The van der Waals surface area contributed by atoms with Gasteiger partial charge in [-0.3, -0.25) is 14.4 Å². The molecule has 0 aromatic heterocycles. The van der Waals surface area contributed by atoms with E-state index in [-0.39, 0.29) is 19.1 Å². The summed E-state index contributed by atoms with van der Waals surface area (Å²) in [5.41, 5.74) is 3.82. The molecule has 0 unspecified atom stereocenters. The molecule has 2 aromatic carbocycles. The van der Waals surface area contributed by atoms with Gasteiger partial charge in [0.25, 0.3) is 5.91 Å². The molecule has 35 heavy (non-hydrogen) atoms. The fraction of sp³-hybridized carbons (Fsp3) is 0.360. The SMILES string of the molecule is COc1ccc(CCNC(=O)C(=O)N/N=C\c2ccc(OCC(=O)N3CCCC3)cc2)cc1OC. The molecular weight excluding hydrogens is 452 g/mol. The number of carbonyl (C=O) groups excluding carboxylic acids is 3. The summed E-state index contributed by atoms with van der Waals surface area (Å²) in [5.74, 6) is 0.110. The van der Waals surface area contributed by atoms with Gasteiger partial charge in [0.1, 0.15) is 5.75 Å². The van der Waals surface area contributed by atoms with Crippen LogP contribution in [0, 0.1) is 0 Å². The van der Waals surface area contributed by atoms with Gasteiger partial charge < -0.3 is 24.4 Å². The topological polar surface area (TPSA) is 119 Å². The van der Waals surface area contributed by atoms with Crippen LogP contribution in [0.25, 0.3) is 0 Å². The predicted octanol–water partition coefficient (Wildman–Crippen LogP) is 1.51. The molecule has 1 aliphatic rings. The Morgan fingerprint density at radius 2 is 1.69 bits per heavy atom. The molecule has 3 rings (SSSR count). The summed E-state index contributed by atoms with van der Waals surface area (Å²) < 4.78 is 16.0. The van der Waals surface area contributed by atoms with Crippen molar-refractivity contribution in [3.63, 3.8) is 0 Å². The lowest BCUT2D eigenvalue weighted by Gasteiger charge is -2.15. The molecule has 2 aromatic rings. The number of rotatable bonds is 10. The van der Waals surface area contributed by atoms with Gasteiger partial charge in [-0.1, -0.05) is 6.07 Å². The van der Waals surface area contributed by atoms with Crippen LogP contribution in [0.3, 0.4) is 0 Å². The molecule has 10 heteroatoms. The molecule has 0 bridgehead atoms. The monoisotopic (exact) mass is 482 g/mol. The highest BCUT2D eigenvalue weighted by Crippen LogP contribution is 2.27. The third-order valence-corrected chi connectivity index (χ3v) is 5.43. The number of hydrazone groups is 1. The Hall–Kier alpha value is -4.08. The zero-order valence-electron chi connectivity index (χ0n) is 19.9. The normalized spacial score (nSPS) is 12.9. The quantitative estimate of drug-likeness (QED) is 0.301. The highest BCUT2D eigenvalue weighted by atomic mass is 16.5. The van der Waals surface area contributed by atoms with Gasteiger partial charge in [-0.15, -0.1) is 0 Å². The minimum absolute atomic E-state index is 0.00458. The van der Waals surface area contributed by atoms with E-state index < -0.39 is 11.8 Å². The van der Waals surface area contributed by atoms with Crippen LogP contribution in [0.5, 0.6) is 17.2 Å². The Balaban J connectivity index is 1.37. The average Bonchev–Trinajstić information content (AvgIpc) is 3.43. The van der Waals surface area contributed by atoms with E-state index in [4.69, 9.17) is 14.2 Å². The second-order valence-corrected chi connectivity index (χ2v) is 7.84. The molecule has 1 fully saturated rings. The van der Waals surface area contributed by atoms with Gasteiger partial charge >= 0.3 is 11.8 Å². The number of carbonyl (C=O) groups is 3. The number of nitrogens with zero attached hydrogens (tertiary/aromatic N) is 2. The average molecular weight is 483 g/mol. The number of amides is 3. The number of likely N-dealkylation sites (tertiary alicyclic amines) is 1. The predicted molar refractivity (Wildman–Crippen MR) is 130 cm³/mol. The van der Waals surface area contributed by atoms with Crippen molar-refractivity contribution < 1.29 is 28.6 Å². The fourth-order valence-corrected chi connectivity index (χ4v) is 3.51. The second kappa shape index (κ2) is 13.0. The summed E-state index contributed by atoms with van der Waals surface area (Å²) in [5, 5.41) is 6.36. The maximum absolute atomic E-state index is 12.0. The van der Waals surface area contributed by atoms with Gasteiger partial charge in [-0.25, -0.2) is 5.43 Å². The summed E-state index contributed by atoms with van der Waals surface area (Å²) in [7, 11) is 3.11. The van der Waals surface area contributed by atoms with Crippen LogP contribution >= 0.6 is 0 Å². The Kier molecular flexibility index (Phi) is 9.47. The van der Waals surface area contributed by atoms with Crippen molar-refractivity contribution >= 4 is 23.9 Å². The van der Waals surface area contributed by atoms with Crippen molar-refractivity contribution in [2.45, 2.75) is 19.3 Å². The first-order valence-electron chi connectivity index (χ1n) is 11.3. The molecule has 1 aliphatic heterocycles. The van der Waals surface area contributed by atoms with E-state index in [1.54, 1.807) is 49.5 Å². The van der Waals surface area contributed by atoms with Crippen molar-refractivity contribution in [2.24, 2.45) is 5.10 Å². The van der Waals surface area contributed by atoms with Crippen molar-refractivity contribution in [1.82, 2.24) is 15.6 Å². The molecule has 0 saturated carbocycles. The molecule has 0 aliphatic carbocycles. The Morgan fingerprint density at radius 3 is 2.37 bits per heavy atom. The van der Waals surface area contributed by atoms with Crippen LogP contribution in [0.15, 0.2) is 47.6 Å². The van der Waals surface area contributed by atoms with Gasteiger partial charge in [0, 0.05) is 19.6 Å². The summed E-state index contributed by atoms with van der Waals surface area (Å²) in [6, 6.07) is 12.3. The van der Waals surface area contributed by atoms with E-state index in [0.717, 1.165) is 31.5 Å². The minimum atomic E-state index is -0.867. The number of hydrogen-bond donors (Lipinski definition) is 2. The van der Waals surface area contributed by atoms with E-state index in [1.807, 2.05) is 12.1 Å². The summed E-state index contributed by atoms with van der Waals surface area (Å²) in [4.78, 5) is 37.8. The lowest BCUT2D eigenvalue weighted by molar-refractivity contribution is -0.139. The van der Waals surface area contributed by atoms with Crippen LogP contribution in [0.1, 0.15) is 24.0 Å². The van der Waals surface area contributed by atoms with Crippen molar-refractivity contribution in [2.75, 3.05) is 40.5 Å². The Bertz CT molecular complexity index is 1050. The lowest BCUT2D eigenvalue weighted by atomic mass is 10.1. The van der Waals surface area contributed by atoms with Crippen LogP contribution in [-0.4, -0.2) is 69.3 Å². The molecule has 0 spiro atoms. The molecule has 2 N–H and O–H groups in total. The summed E-state index contributed by atoms with van der Waals surface area (Å²) in [6.45, 7) is 1.86. The van der Waals surface area contributed by atoms with E-state index >= 15 is 0 Å². The first-order chi connectivity index (χ1) is 17.0. The van der Waals surface area contributed by atoms with Crippen LogP contribution < -0.4 is 25.0 Å². The first-order valence-corrected chi connectivity index (χ1v) is 11.3. The number of methoxy groups -OCH3 is 2. The van der Waals surface area contributed by atoms with Gasteiger partial charge in [0.15, 0.2) is 18.1 Å². The largest absolute Gasteiger partial charge is 0.493 e. The fourth-order valence-electron chi connectivity index (χ4n) is 3.51. The van der Waals surface area contributed by atoms with Crippen molar-refractivity contribution in [3.05, 3.63) is 53.6 Å². The molecule has 0 atom stereocenters. The molecule has 10 nitrogen and oxygen atoms in total. The van der Waals surface area contributed by atoms with Crippen LogP contribution in [0.2, 0.25) is 0 Å². The molecule has 1 saturated heterocycles. The molecule has 1 heterocycles. The van der Waals surface area contributed by atoms with Gasteiger partial charge in [-0.2, -0.15) is 5.10 Å². The van der Waals surface area contributed by atoms with Crippen LogP contribution in [-0.2, 0) is 20.8 Å². The smallest absolute Gasteiger partial charge is 0.329 e. The van der Waals surface area contributed by atoms with E-state index in [2.05, 4.69) is 15.8 Å². The van der Waals surface area contributed by atoms with Crippen LogP contribution in [0.4, 0.5) is 0 Å². The number of hydrogen-bond acceptors (Lipinski definition) is 7. The maximum Gasteiger partial charge on any atom is 0.329 e. The van der Waals surface area contributed by atoms with E-state index in [9.17, 15) is 14.4 Å². The zero-order chi connectivity index (χ0) is 25.0. The van der Waals surface area contributed by atoms with Crippen molar-refractivity contribution in [1.29, 1.82) is 0 Å². The highest BCUT2D eigenvalue weighted by molar-refractivity contribution is 6.35. The number of benzene rings is 2. The van der Waals surface area contributed by atoms with E-state index in [1.165, 1.54) is 6.21 Å². The van der Waals surface area contributed by atoms with E-state index in [0.29, 0.717) is 29.2 Å². The summed E-state index contributed by atoms with van der Waals surface area (Å²) >= 11 is 0. The molecule has 0 radical (unpaired) electrons. The maximum atomic E-state index is 12.0. The zero-order valence-corrected chi connectivity index (χ0v) is 19.9. The van der Waals surface area contributed by atoms with Gasteiger partial charge in [0.2, 0.25) is 0 Å². The third kappa shape index (κ3) is 7.73. The lowest BCUT2D eigenvalue weighted by Crippen LogP contribution is -2.38. The highest BCUT2D eigenvalue weighted by Gasteiger charge is 2.18. The second-order valence-electron chi connectivity index (χ2n) is 7.84. The number of nitrogens with one attached hydrogen (secondary N) is 2. The number of ether oxygens (including phenoxy) is 3. The molecular formula is C25H30N4O6. The molecule has 3 amide bonds. The third-order valence-electron chi connectivity index (χ3n) is 5.43. The Morgan fingerprint density at radius 1 is 0.971 bits per heavy atom. The Labute approximate surface area is 204 Å². The first kappa shape index (κ1) is 25.5.